The topological polar surface area (TPSA) is 0 Å². The highest BCUT2D eigenvalue weighted by Gasteiger charge is 2.63. The summed E-state index contributed by atoms with van der Waals surface area (Å²) in [6.45, 7) is 13.1. The molecule has 4 aliphatic rings. The first-order valence-electron chi connectivity index (χ1n) is 9.27. The summed E-state index contributed by atoms with van der Waals surface area (Å²) in [5.41, 5.74) is 1.85. The molecule has 0 aromatic heterocycles. The molecular weight excluding hydrogens is 240 g/mol. The molecule has 0 amide bonds. The molecule has 0 heterocycles. The minimum absolute atomic E-state index is 0.591. The van der Waals surface area contributed by atoms with Gasteiger partial charge in [-0.15, -0.1) is 0 Å². The third-order valence-electron chi connectivity index (χ3n) is 9.52. The fourth-order valence-corrected chi connectivity index (χ4v) is 7.49. The zero-order valence-electron chi connectivity index (χ0n) is 14.3. The summed E-state index contributed by atoms with van der Waals surface area (Å²) in [5, 5.41) is 0. The van der Waals surface area contributed by atoms with E-state index in [9.17, 15) is 0 Å². The van der Waals surface area contributed by atoms with E-state index in [1.54, 1.807) is 19.3 Å². The van der Waals surface area contributed by atoms with Crippen LogP contribution < -0.4 is 0 Å². The molecule has 4 rings (SSSR count). The lowest BCUT2D eigenvalue weighted by Crippen LogP contribution is -2.45. The van der Waals surface area contributed by atoms with Crippen LogP contribution in [0, 0.1) is 45.8 Å². The van der Waals surface area contributed by atoms with Crippen molar-refractivity contribution in [1.82, 2.24) is 0 Å². The average molecular weight is 274 g/mol. The summed E-state index contributed by atoms with van der Waals surface area (Å²) in [5.74, 6) is 5.20. The fraction of sp³-hybridized carbons (Fsp3) is 1.00. The van der Waals surface area contributed by atoms with Gasteiger partial charge in [0.2, 0.25) is 0 Å². The normalized spacial score (nSPS) is 54.8. The molecular formula is C20H34. The maximum Gasteiger partial charge on any atom is -0.0241 e. The van der Waals surface area contributed by atoms with Crippen molar-refractivity contribution in [3.8, 4) is 0 Å². The van der Waals surface area contributed by atoms with Gasteiger partial charge in [0.05, 0.1) is 0 Å². The summed E-state index contributed by atoms with van der Waals surface area (Å²) in [7, 11) is 0. The first kappa shape index (κ1) is 13.6. The number of fused-ring (bicyclic) bond motifs is 4. The van der Waals surface area contributed by atoms with Crippen molar-refractivity contribution in [2.45, 2.75) is 79.6 Å². The van der Waals surface area contributed by atoms with Crippen LogP contribution in [0.2, 0.25) is 0 Å². The molecule has 20 heavy (non-hydrogen) atoms. The van der Waals surface area contributed by atoms with Crippen LogP contribution in [-0.4, -0.2) is 0 Å². The quantitative estimate of drug-likeness (QED) is 0.587. The lowest BCUT2D eigenvalue weighted by atomic mass is 9.52. The zero-order chi connectivity index (χ0) is 14.3. The van der Waals surface area contributed by atoms with E-state index in [2.05, 4.69) is 34.6 Å². The molecule has 0 aromatic carbocycles. The van der Waals surface area contributed by atoms with Gasteiger partial charge in [0.1, 0.15) is 0 Å². The van der Waals surface area contributed by atoms with Crippen LogP contribution in [-0.2, 0) is 0 Å². The molecule has 4 bridgehead atoms. The van der Waals surface area contributed by atoms with E-state index < -0.39 is 0 Å². The number of hydrogen-bond acceptors (Lipinski definition) is 0. The van der Waals surface area contributed by atoms with Crippen LogP contribution in [0.15, 0.2) is 0 Å². The van der Waals surface area contributed by atoms with Gasteiger partial charge in [-0.3, -0.25) is 0 Å². The molecule has 4 fully saturated rings. The Morgan fingerprint density at radius 3 is 1.95 bits per heavy atom. The molecule has 0 heteroatoms. The van der Waals surface area contributed by atoms with E-state index >= 15 is 0 Å². The van der Waals surface area contributed by atoms with Crippen LogP contribution in [0.4, 0.5) is 0 Å². The van der Waals surface area contributed by atoms with Gasteiger partial charge in [-0.05, 0) is 90.8 Å². The second-order valence-corrected chi connectivity index (χ2v) is 10.2. The number of hydrogen-bond donors (Lipinski definition) is 0. The van der Waals surface area contributed by atoms with Crippen molar-refractivity contribution in [3.63, 3.8) is 0 Å². The van der Waals surface area contributed by atoms with Crippen LogP contribution in [0.5, 0.6) is 0 Å². The highest BCUT2D eigenvalue weighted by atomic mass is 14.7. The standard InChI is InChI=1S/C20H34/c1-18(2)14-7-6-13(10-14)17(18)12-20(5)16-9-8-15(11-16)19(20,3)4/h13-17H,6-12H2,1-5H3. The highest BCUT2D eigenvalue weighted by molar-refractivity contribution is 5.12. The Labute approximate surface area is 126 Å². The Balaban J connectivity index is 1.63. The second-order valence-electron chi connectivity index (χ2n) is 10.2. The van der Waals surface area contributed by atoms with Crippen molar-refractivity contribution in [2.75, 3.05) is 0 Å². The van der Waals surface area contributed by atoms with Crippen molar-refractivity contribution >= 4 is 0 Å². The molecule has 0 aromatic rings. The lowest BCUT2D eigenvalue weighted by molar-refractivity contribution is -0.0335. The summed E-state index contributed by atoms with van der Waals surface area (Å²) < 4.78 is 0. The van der Waals surface area contributed by atoms with Crippen LogP contribution in [0.25, 0.3) is 0 Å². The van der Waals surface area contributed by atoms with Crippen LogP contribution in [0.1, 0.15) is 79.6 Å². The van der Waals surface area contributed by atoms with E-state index in [1.165, 1.54) is 25.7 Å². The van der Waals surface area contributed by atoms with Gasteiger partial charge < -0.3 is 0 Å². The first-order valence-corrected chi connectivity index (χ1v) is 9.27. The zero-order valence-corrected chi connectivity index (χ0v) is 14.3. The van der Waals surface area contributed by atoms with E-state index in [-0.39, 0.29) is 0 Å². The summed E-state index contributed by atoms with van der Waals surface area (Å²) in [6.07, 6.45) is 10.8. The van der Waals surface area contributed by atoms with Gasteiger partial charge in [0.15, 0.2) is 0 Å². The van der Waals surface area contributed by atoms with Crippen LogP contribution >= 0.6 is 0 Å². The Hall–Kier alpha value is 0. The van der Waals surface area contributed by atoms with E-state index in [1.807, 2.05) is 0 Å². The molecule has 114 valence electrons. The summed E-state index contributed by atoms with van der Waals surface area (Å²) in [4.78, 5) is 0. The largest absolute Gasteiger partial charge is 0.0594 e. The maximum atomic E-state index is 2.68. The first-order chi connectivity index (χ1) is 9.27. The lowest BCUT2D eigenvalue weighted by Gasteiger charge is -2.52. The highest BCUT2D eigenvalue weighted by Crippen LogP contribution is 2.71. The Kier molecular flexibility index (Phi) is 2.63. The van der Waals surface area contributed by atoms with E-state index in [0.717, 1.165) is 29.6 Å². The Morgan fingerprint density at radius 1 is 0.750 bits per heavy atom. The Bertz CT molecular complexity index is 418. The van der Waals surface area contributed by atoms with Crippen molar-refractivity contribution in [1.29, 1.82) is 0 Å². The third-order valence-corrected chi connectivity index (χ3v) is 9.52. The molecule has 0 nitrogen and oxygen atoms in total. The van der Waals surface area contributed by atoms with Gasteiger partial charge in [-0.25, -0.2) is 0 Å². The van der Waals surface area contributed by atoms with Gasteiger partial charge in [0.25, 0.3) is 0 Å². The summed E-state index contributed by atoms with van der Waals surface area (Å²) in [6, 6.07) is 0. The third kappa shape index (κ3) is 1.45. The maximum absolute atomic E-state index is 2.68. The molecule has 6 unspecified atom stereocenters. The fourth-order valence-electron chi connectivity index (χ4n) is 7.49. The predicted molar refractivity (Wildman–Crippen MR) is 85.4 cm³/mol. The minimum Gasteiger partial charge on any atom is -0.0594 e. The minimum atomic E-state index is 0.591. The van der Waals surface area contributed by atoms with Crippen LogP contribution in [0.3, 0.4) is 0 Å². The van der Waals surface area contributed by atoms with E-state index in [0.29, 0.717) is 16.2 Å². The van der Waals surface area contributed by atoms with Crippen molar-refractivity contribution in [3.05, 3.63) is 0 Å². The summed E-state index contributed by atoms with van der Waals surface area (Å²) >= 11 is 0. The Morgan fingerprint density at radius 2 is 1.40 bits per heavy atom. The molecule has 0 spiro atoms. The molecule has 6 atom stereocenters. The second kappa shape index (κ2) is 3.85. The molecule has 4 saturated carbocycles. The predicted octanol–water partition coefficient (Wildman–Crippen LogP) is 5.91. The molecule has 0 aliphatic heterocycles. The van der Waals surface area contributed by atoms with Crippen molar-refractivity contribution in [2.24, 2.45) is 45.8 Å². The monoisotopic (exact) mass is 274 g/mol. The van der Waals surface area contributed by atoms with Crippen molar-refractivity contribution < 1.29 is 0 Å². The van der Waals surface area contributed by atoms with Gasteiger partial charge >= 0.3 is 0 Å². The van der Waals surface area contributed by atoms with Gasteiger partial charge in [-0.1, -0.05) is 34.6 Å². The average Bonchev–Trinajstić information content (AvgIpc) is 3.07. The molecule has 4 aliphatic carbocycles. The SMILES string of the molecule is CC1(C)C2CCC(C2)C1CC1(C)C2CCC(C2)C1(C)C. The molecule has 0 saturated heterocycles. The van der Waals surface area contributed by atoms with Gasteiger partial charge in [-0.2, -0.15) is 0 Å². The van der Waals surface area contributed by atoms with E-state index in [4.69, 9.17) is 0 Å². The smallest absolute Gasteiger partial charge is 0.0241 e. The molecule has 0 N–H and O–H groups in total. The molecule has 0 radical (unpaired) electrons. The number of rotatable bonds is 2. The van der Waals surface area contributed by atoms with Gasteiger partial charge in [0, 0.05) is 0 Å².